The Morgan fingerprint density at radius 1 is 1.21 bits per heavy atom. The molecule has 1 heterocycles. The highest BCUT2D eigenvalue weighted by Gasteiger charge is 2.56. The summed E-state index contributed by atoms with van der Waals surface area (Å²) in [6.45, 7) is 4.29. The first kappa shape index (κ1) is 14.2. The van der Waals surface area contributed by atoms with E-state index in [-0.39, 0.29) is 0 Å². The molecule has 110 valence electrons. The first-order chi connectivity index (χ1) is 9.35. The summed E-state index contributed by atoms with van der Waals surface area (Å²) in [5.41, 5.74) is 0.513. The van der Waals surface area contributed by atoms with E-state index in [9.17, 15) is 0 Å². The third-order valence-electron chi connectivity index (χ3n) is 5.68. The summed E-state index contributed by atoms with van der Waals surface area (Å²) in [5.74, 6) is 3.69. The third kappa shape index (κ3) is 2.84. The fourth-order valence-electron chi connectivity index (χ4n) is 4.43. The van der Waals surface area contributed by atoms with Gasteiger partial charge in [-0.15, -0.1) is 0 Å². The highest BCUT2D eigenvalue weighted by molar-refractivity contribution is 7.99. The molecule has 3 rings (SSSR count). The fourth-order valence-corrected chi connectivity index (χ4v) is 5.64. The van der Waals surface area contributed by atoms with Gasteiger partial charge in [-0.3, -0.25) is 0 Å². The van der Waals surface area contributed by atoms with Crippen LogP contribution in [0.4, 0.5) is 0 Å². The summed E-state index contributed by atoms with van der Waals surface area (Å²) in [6, 6.07) is 0.751. The van der Waals surface area contributed by atoms with Crippen molar-refractivity contribution >= 4 is 11.8 Å². The lowest BCUT2D eigenvalue weighted by atomic mass is 9.60. The average molecular weight is 283 g/mol. The molecule has 1 spiro atoms. The Bertz CT molecular complexity index is 284. The van der Waals surface area contributed by atoms with Gasteiger partial charge in [0.15, 0.2) is 0 Å². The van der Waals surface area contributed by atoms with Gasteiger partial charge in [-0.05, 0) is 63.0 Å². The van der Waals surface area contributed by atoms with Crippen molar-refractivity contribution in [3.63, 3.8) is 0 Å². The van der Waals surface area contributed by atoms with Crippen LogP contribution < -0.4 is 5.32 Å². The Morgan fingerprint density at radius 3 is 2.63 bits per heavy atom. The maximum absolute atomic E-state index is 5.99. The molecule has 2 unspecified atom stereocenters. The van der Waals surface area contributed by atoms with E-state index in [0.717, 1.165) is 18.6 Å². The van der Waals surface area contributed by atoms with Crippen LogP contribution in [-0.2, 0) is 4.74 Å². The minimum atomic E-state index is 0.513. The normalized spacial score (nSPS) is 34.6. The lowest BCUT2D eigenvalue weighted by molar-refractivity contribution is -0.130. The number of ether oxygens (including phenoxy) is 1. The first-order valence-electron chi connectivity index (χ1n) is 8.28. The maximum atomic E-state index is 5.99. The van der Waals surface area contributed by atoms with Gasteiger partial charge in [0, 0.05) is 18.1 Å². The molecule has 3 heteroatoms. The molecule has 1 saturated heterocycles. The quantitative estimate of drug-likeness (QED) is 0.835. The van der Waals surface area contributed by atoms with E-state index >= 15 is 0 Å². The lowest BCUT2D eigenvalue weighted by Crippen LogP contribution is -2.63. The van der Waals surface area contributed by atoms with Crippen molar-refractivity contribution in [1.82, 2.24) is 5.32 Å². The SMILES string of the molecule is CCOC1CC(NCC2CCSCC2)C12CCCC2. The highest BCUT2D eigenvalue weighted by Crippen LogP contribution is 2.54. The second kappa shape index (κ2) is 6.36. The zero-order valence-electron chi connectivity index (χ0n) is 12.3. The van der Waals surface area contributed by atoms with Crippen LogP contribution in [0.1, 0.15) is 51.9 Å². The zero-order valence-corrected chi connectivity index (χ0v) is 13.1. The smallest absolute Gasteiger partial charge is 0.0661 e. The Balaban J connectivity index is 1.50. The molecular weight excluding hydrogens is 254 g/mol. The molecule has 0 amide bonds. The average Bonchev–Trinajstić information content (AvgIpc) is 2.95. The van der Waals surface area contributed by atoms with Crippen molar-refractivity contribution < 1.29 is 4.74 Å². The van der Waals surface area contributed by atoms with Crippen molar-refractivity contribution in [2.24, 2.45) is 11.3 Å². The van der Waals surface area contributed by atoms with Crippen LogP contribution in [-0.4, -0.2) is 36.8 Å². The van der Waals surface area contributed by atoms with E-state index in [2.05, 4.69) is 24.0 Å². The third-order valence-corrected chi connectivity index (χ3v) is 6.73. The summed E-state index contributed by atoms with van der Waals surface area (Å²) in [4.78, 5) is 0. The van der Waals surface area contributed by atoms with Gasteiger partial charge in [-0.2, -0.15) is 11.8 Å². The maximum Gasteiger partial charge on any atom is 0.0661 e. The lowest BCUT2D eigenvalue weighted by Gasteiger charge is -2.54. The van der Waals surface area contributed by atoms with Crippen LogP contribution in [0, 0.1) is 11.3 Å². The number of thioether (sulfide) groups is 1. The Labute approximate surface area is 122 Å². The molecule has 0 aromatic carbocycles. The molecule has 0 aromatic heterocycles. The van der Waals surface area contributed by atoms with E-state index in [1.807, 2.05) is 0 Å². The largest absolute Gasteiger partial charge is 0.378 e. The number of hydrogen-bond donors (Lipinski definition) is 1. The Kier molecular flexibility index (Phi) is 4.76. The van der Waals surface area contributed by atoms with Gasteiger partial charge in [-0.1, -0.05) is 12.8 Å². The topological polar surface area (TPSA) is 21.3 Å². The molecule has 0 radical (unpaired) electrons. The van der Waals surface area contributed by atoms with Crippen LogP contribution in [0.2, 0.25) is 0 Å². The number of hydrogen-bond acceptors (Lipinski definition) is 3. The Hall–Kier alpha value is 0.270. The molecule has 2 atom stereocenters. The van der Waals surface area contributed by atoms with Gasteiger partial charge in [0.1, 0.15) is 0 Å². The number of nitrogens with one attached hydrogen (secondary N) is 1. The zero-order chi connectivity index (χ0) is 13.1. The van der Waals surface area contributed by atoms with Crippen LogP contribution in [0.15, 0.2) is 0 Å². The molecule has 19 heavy (non-hydrogen) atoms. The van der Waals surface area contributed by atoms with E-state index in [4.69, 9.17) is 4.74 Å². The van der Waals surface area contributed by atoms with Crippen molar-refractivity contribution in [3.8, 4) is 0 Å². The first-order valence-corrected chi connectivity index (χ1v) is 9.43. The molecule has 2 aliphatic carbocycles. The van der Waals surface area contributed by atoms with Gasteiger partial charge in [-0.25, -0.2) is 0 Å². The van der Waals surface area contributed by atoms with E-state index in [0.29, 0.717) is 11.5 Å². The molecule has 2 saturated carbocycles. The second-order valence-corrected chi connectivity index (χ2v) is 7.86. The fraction of sp³-hybridized carbons (Fsp3) is 1.00. The molecule has 1 N–H and O–H groups in total. The van der Waals surface area contributed by atoms with Crippen LogP contribution in [0.3, 0.4) is 0 Å². The van der Waals surface area contributed by atoms with Crippen molar-refractivity contribution in [3.05, 3.63) is 0 Å². The van der Waals surface area contributed by atoms with Gasteiger partial charge in [0.05, 0.1) is 6.10 Å². The summed E-state index contributed by atoms with van der Waals surface area (Å²) in [5, 5.41) is 3.92. The molecular formula is C16H29NOS. The van der Waals surface area contributed by atoms with Crippen molar-refractivity contribution in [2.75, 3.05) is 24.7 Å². The predicted molar refractivity (Wildman–Crippen MR) is 82.8 cm³/mol. The minimum Gasteiger partial charge on any atom is -0.378 e. The summed E-state index contributed by atoms with van der Waals surface area (Å²) in [7, 11) is 0. The van der Waals surface area contributed by atoms with E-state index < -0.39 is 0 Å². The standard InChI is InChI=1S/C16H29NOS/c1-2-18-15-11-14(16(15)7-3-4-8-16)17-12-13-5-9-19-10-6-13/h13-15,17H,2-12H2,1H3. The number of rotatable bonds is 5. The molecule has 3 fully saturated rings. The minimum absolute atomic E-state index is 0.513. The Morgan fingerprint density at radius 2 is 1.95 bits per heavy atom. The van der Waals surface area contributed by atoms with Crippen molar-refractivity contribution in [1.29, 1.82) is 0 Å². The summed E-state index contributed by atoms with van der Waals surface area (Å²) < 4.78 is 5.99. The van der Waals surface area contributed by atoms with Crippen LogP contribution in [0.5, 0.6) is 0 Å². The highest BCUT2D eigenvalue weighted by atomic mass is 32.2. The second-order valence-electron chi connectivity index (χ2n) is 6.64. The monoisotopic (exact) mass is 283 g/mol. The summed E-state index contributed by atoms with van der Waals surface area (Å²) >= 11 is 2.13. The van der Waals surface area contributed by atoms with Gasteiger partial charge in [0.25, 0.3) is 0 Å². The van der Waals surface area contributed by atoms with Crippen LogP contribution in [0.25, 0.3) is 0 Å². The molecule has 3 aliphatic rings. The van der Waals surface area contributed by atoms with Crippen LogP contribution >= 0.6 is 11.8 Å². The van der Waals surface area contributed by atoms with Gasteiger partial charge < -0.3 is 10.1 Å². The van der Waals surface area contributed by atoms with Crippen molar-refractivity contribution in [2.45, 2.75) is 64.0 Å². The predicted octanol–water partition coefficient (Wildman–Crippen LogP) is 3.46. The summed E-state index contributed by atoms with van der Waals surface area (Å²) in [6.07, 6.45) is 10.3. The van der Waals surface area contributed by atoms with E-state index in [1.54, 1.807) is 0 Å². The molecule has 0 aromatic rings. The molecule has 0 bridgehead atoms. The molecule has 1 aliphatic heterocycles. The van der Waals surface area contributed by atoms with Gasteiger partial charge in [0.2, 0.25) is 0 Å². The molecule has 2 nitrogen and oxygen atoms in total. The van der Waals surface area contributed by atoms with Gasteiger partial charge >= 0.3 is 0 Å². The van der Waals surface area contributed by atoms with E-state index in [1.165, 1.54) is 63.0 Å².